The van der Waals surface area contributed by atoms with E-state index in [9.17, 15) is 34.2 Å². The summed E-state index contributed by atoms with van der Waals surface area (Å²) in [4.78, 5) is 47.8. The Morgan fingerprint density at radius 3 is 2.02 bits per heavy atom. The molecule has 3 aromatic rings. The van der Waals surface area contributed by atoms with Crippen molar-refractivity contribution >= 4 is 46.7 Å². The molecule has 1 fully saturated rings. The largest absolute Gasteiger partial charge is 0.377 e. The number of nitro benzene ring substituents is 2. The first-order chi connectivity index (χ1) is 19.2. The van der Waals surface area contributed by atoms with Gasteiger partial charge in [-0.05, 0) is 54.8 Å². The summed E-state index contributed by atoms with van der Waals surface area (Å²) in [6.07, 6.45) is 1.87. The number of amides is 2. The van der Waals surface area contributed by atoms with Crippen LogP contribution in [0.5, 0.6) is 0 Å². The Hall–Kier alpha value is -4.01. The van der Waals surface area contributed by atoms with Gasteiger partial charge in [0.1, 0.15) is 5.82 Å². The summed E-state index contributed by atoms with van der Waals surface area (Å²) in [6, 6.07) is 13.7. The molecule has 0 radical (unpaired) electrons. The van der Waals surface area contributed by atoms with Gasteiger partial charge in [0.15, 0.2) is 0 Å². The van der Waals surface area contributed by atoms with Crippen LogP contribution in [0.15, 0.2) is 70.5 Å². The molecule has 0 aromatic heterocycles. The standard InChI is InChI=1S/C26H23FN4O7S2/c27-19-4-1-3-16(11-19)14-39-23-8-6-17(12-21(23)30(34)35)25(32)28-29-26(33)18-7-9-24(22(13-18)31(36)37)40-15-20-5-2-10-38-20/h1,3-4,6-9,11-13,20H,2,5,10,14-15H2,(H,28,32)(H,29,33). The fourth-order valence-electron chi connectivity index (χ4n) is 3.85. The van der Waals surface area contributed by atoms with Gasteiger partial charge in [-0.1, -0.05) is 12.1 Å². The lowest BCUT2D eigenvalue weighted by atomic mass is 10.2. The molecule has 1 saturated heterocycles. The van der Waals surface area contributed by atoms with Gasteiger partial charge in [-0.2, -0.15) is 0 Å². The predicted molar refractivity (Wildman–Crippen MR) is 147 cm³/mol. The zero-order valence-electron chi connectivity index (χ0n) is 20.8. The van der Waals surface area contributed by atoms with Gasteiger partial charge >= 0.3 is 0 Å². The number of hydrogen-bond acceptors (Lipinski definition) is 9. The quantitative estimate of drug-likeness (QED) is 0.183. The van der Waals surface area contributed by atoms with Crippen LogP contribution in [0.4, 0.5) is 15.8 Å². The molecule has 1 unspecified atom stereocenters. The van der Waals surface area contributed by atoms with Crippen molar-refractivity contribution < 1.29 is 28.6 Å². The highest BCUT2D eigenvalue weighted by Crippen LogP contribution is 2.33. The van der Waals surface area contributed by atoms with Crippen molar-refractivity contribution in [1.29, 1.82) is 0 Å². The van der Waals surface area contributed by atoms with Gasteiger partial charge in [-0.25, -0.2) is 4.39 Å². The number of ether oxygens (including phenoxy) is 1. The first-order valence-corrected chi connectivity index (χ1v) is 14.0. The van der Waals surface area contributed by atoms with Crippen molar-refractivity contribution in [2.24, 2.45) is 0 Å². The summed E-state index contributed by atoms with van der Waals surface area (Å²) < 4.78 is 19.0. The van der Waals surface area contributed by atoms with E-state index in [1.54, 1.807) is 12.1 Å². The number of hydrogen-bond donors (Lipinski definition) is 2. The van der Waals surface area contributed by atoms with E-state index in [1.807, 2.05) is 0 Å². The fourth-order valence-corrected chi connectivity index (χ4v) is 5.87. The Morgan fingerprint density at radius 1 is 0.900 bits per heavy atom. The molecule has 14 heteroatoms. The topological polar surface area (TPSA) is 154 Å². The molecule has 2 N–H and O–H groups in total. The van der Waals surface area contributed by atoms with Crippen LogP contribution in [0.3, 0.4) is 0 Å². The third kappa shape index (κ3) is 7.55. The highest BCUT2D eigenvalue weighted by molar-refractivity contribution is 7.99. The second-order valence-corrected chi connectivity index (χ2v) is 10.7. The number of carbonyl (C=O) groups is 2. The van der Waals surface area contributed by atoms with Gasteiger partial charge in [0, 0.05) is 41.4 Å². The molecule has 40 heavy (non-hydrogen) atoms. The van der Waals surface area contributed by atoms with E-state index >= 15 is 0 Å². The van der Waals surface area contributed by atoms with E-state index in [-0.39, 0.29) is 39.3 Å². The molecular formula is C26H23FN4O7S2. The van der Waals surface area contributed by atoms with Crippen molar-refractivity contribution in [1.82, 2.24) is 10.9 Å². The Bertz CT molecular complexity index is 1450. The van der Waals surface area contributed by atoms with Crippen molar-refractivity contribution in [3.05, 3.63) is 103 Å². The van der Waals surface area contributed by atoms with Gasteiger partial charge < -0.3 is 4.74 Å². The molecule has 0 aliphatic carbocycles. The first-order valence-electron chi connectivity index (χ1n) is 12.0. The average Bonchev–Trinajstić information content (AvgIpc) is 3.47. The van der Waals surface area contributed by atoms with E-state index in [0.29, 0.717) is 22.8 Å². The number of halogens is 1. The number of nitro groups is 2. The zero-order valence-corrected chi connectivity index (χ0v) is 22.5. The molecule has 0 saturated carbocycles. The van der Waals surface area contributed by atoms with E-state index in [2.05, 4.69) is 10.9 Å². The molecule has 1 aliphatic heterocycles. The summed E-state index contributed by atoms with van der Waals surface area (Å²) in [6.45, 7) is 0.672. The lowest BCUT2D eigenvalue weighted by Gasteiger charge is -2.11. The first kappa shape index (κ1) is 29.0. The number of hydrazine groups is 1. The SMILES string of the molecule is O=C(NNC(=O)c1ccc(SCC2CCCO2)c([N+](=O)[O-])c1)c1ccc(SCc2cccc(F)c2)c([N+](=O)[O-])c1. The Labute approximate surface area is 236 Å². The Kier molecular flexibility index (Phi) is 9.69. The lowest BCUT2D eigenvalue weighted by Crippen LogP contribution is -2.41. The third-order valence-electron chi connectivity index (χ3n) is 5.86. The molecule has 208 valence electrons. The van der Waals surface area contributed by atoms with Gasteiger partial charge in [0.2, 0.25) is 0 Å². The van der Waals surface area contributed by atoms with Crippen LogP contribution in [0.1, 0.15) is 39.1 Å². The molecule has 2 amide bonds. The normalized spacial score (nSPS) is 14.5. The summed E-state index contributed by atoms with van der Waals surface area (Å²) in [5.41, 5.74) is 4.27. The maximum absolute atomic E-state index is 13.4. The number of nitrogens with one attached hydrogen (secondary N) is 2. The van der Waals surface area contributed by atoms with E-state index < -0.39 is 27.5 Å². The Morgan fingerprint density at radius 2 is 1.50 bits per heavy atom. The summed E-state index contributed by atoms with van der Waals surface area (Å²) in [5, 5.41) is 23.2. The third-order valence-corrected chi connectivity index (χ3v) is 8.19. The molecule has 1 atom stereocenters. The lowest BCUT2D eigenvalue weighted by molar-refractivity contribution is -0.387. The van der Waals surface area contributed by atoms with Crippen LogP contribution in [-0.2, 0) is 10.5 Å². The molecule has 0 spiro atoms. The molecule has 11 nitrogen and oxygen atoms in total. The van der Waals surface area contributed by atoms with Gasteiger partial charge in [0.05, 0.1) is 25.7 Å². The number of benzene rings is 3. The summed E-state index contributed by atoms with van der Waals surface area (Å²) in [5.74, 6) is -1.21. The van der Waals surface area contributed by atoms with Crippen molar-refractivity contribution in [3.8, 4) is 0 Å². The van der Waals surface area contributed by atoms with Crippen LogP contribution in [0.2, 0.25) is 0 Å². The minimum absolute atomic E-state index is 0.0275. The van der Waals surface area contributed by atoms with E-state index in [0.717, 1.165) is 36.7 Å². The van der Waals surface area contributed by atoms with Crippen LogP contribution >= 0.6 is 23.5 Å². The van der Waals surface area contributed by atoms with Crippen LogP contribution in [0.25, 0.3) is 0 Å². The molecule has 0 bridgehead atoms. The minimum Gasteiger partial charge on any atom is -0.377 e. The average molecular weight is 587 g/mol. The van der Waals surface area contributed by atoms with Crippen molar-refractivity contribution in [3.63, 3.8) is 0 Å². The molecule has 1 heterocycles. The van der Waals surface area contributed by atoms with Gasteiger partial charge in [-0.3, -0.25) is 40.7 Å². The van der Waals surface area contributed by atoms with Crippen LogP contribution < -0.4 is 10.9 Å². The summed E-state index contributed by atoms with van der Waals surface area (Å²) in [7, 11) is 0. The number of carbonyl (C=O) groups excluding carboxylic acids is 2. The molecule has 1 aliphatic rings. The number of rotatable bonds is 10. The Balaban J connectivity index is 1.39. The van der Waals surface area contributed by atoms with E-state index in [4.69, 9.17) is 4.74 Å². The zero-order chi connectivity index (χ0) is 28.6. The van der Waals surface area contributed by atoms with Gasteiger partial charge in [0.25, 0.3) is 23.2 Å². The van der Waals surface area contributed by atoms with Crippen LogP contribution in [-0.4, -0.2) is 40.1 Å². The predicted octanol–water partition coefficient (Wildman–Crippen LogP) is 5.28. The minimum atomic E-state index is -0.823. The highest BCUT2D eigenvalue weighted by Gasteiger charge is 2.22. The van der Waals surface area contributed by atoms with E-state index in [1.165, 1.54) is 48.2 Å². The molecule has 3 aromatic carbocycles. The summed E-state index contributed by atoms with van der Waals surface area (Å²) >= 11 is 2.39. The highest BCUT2D eigenvalue weighted by atomic mass is 32.2. The smallest absolute Gasteiger partial charge is 0.283 e. The van der Waals surface area contributed by atoms with Crippen molar-refractivity contribution in [2.75, 3.05) is 12.4 Å². The van der Waals surface area contributed by atoms with Gasteiger partial charge in [-0.15, -0.1) is 23.5 Å². The molecular weight excluding hydrogens is 563 g/mol. The molecule has 4 rings (SSSR count). The maximum Gasteiger partial charge on any atom is 0.283 e. The maximum atomic E-state index is 13.4. The fraction of sp³-hybridized carbons (Fsp3) is 0.231. The van der Waals surface area contributed by atoms with Crippen LogP contribution in [0, 0.1) is 26.0 Å². The van der Waals surface area contributed by atoms with Crippen molar-refractivity contribution in [2.45, 2.75) is 34.5 Å². The second kappa shape index (κ2) is 13.4. The monoisotopic (exact) mass is 586 g/mol. The number of thioether (sulfide) groups is 2. The second-order valence-electron chi connectivity index (χ2n) is 8.65. The number of nitrogens with zero attached hydrogens (tertiary/aromatic N) is 2.